The number of carbonyl (C=O) groups is 1. The maximum Gasteiger partial charge on any atom is 0.177 e. The molecule has 0 radical (unpaired) electrons. The van der Waals surface area contributed by atoms with E-state index in [1.807, 2.05) is 12.1 Å². The molecule has 1 rings (SSSR count). The Labute approximate surface area is 122 Å². The molecule has 0 aromatic heterocycles. The van der Waals surface area contributed by atoms with E-state index < -0.39 is 0 Å². The van der Waals surface area contributed by atoms with Gasteiger partial charge in [0.2, 0.25) is 0 Å². The molecule has 1 aromatic rings. The molecule has 0 saturated carbocycles. The van der Waals surface area contributed by atoms with Crippen LogP contribution in [0.25, 0.3) is 0 Å². The van der Waals surface area contributed by atoms with Crippen LogP contribution in [0.5, 0.6) is 0 Å². The molecule has 0 bridgehead atoms. The third-order valence-corrected chi connectivity index (χ3v) is 3.52. The van der Waals surface area contributed by atoms with E-state index in [0.29, 0.717) is 12.1 Å². The Hall–Kier alpha value is -1.77. The fraction of sp³-hybridized carbons (Fsp3) is 0.471. The second-order valence-corrected chi connectivity index (χ2v) is 4.88. The van der Waals surface area contributed by atoms with Crippen LogP contribution in [0.3, 0.4) is 0 Å². The number of nitrogens with zero attached hydrogens (tertiary/aromatic N) is 2. The predicted octanol–water partition coefficient (Wildman–Crippen LogP) is 3.50. The van der Waals surface area contributed by atoms with Gasteiger partial charge in [-0.25, -0.2) is 0 Å². The molecule has 0 saturated heterocycles. The molecule has 3 nitrogen and oxygen atoms in total. The van der Waals surface area contributed by atoms with Gasteiger partial charge in [-0.1, -0.05) is 18.7 Å². The minimum absolute atomic E-state index is 0.0983. The highest BCUT2D eigenvalue weighted by molar-refractivity contribution is 5.98. The average Bonchev–Trinajstić information content (AvgIpc) is 2.46. The average molecular weight is 274 g/mol. The van der Waals surface area contributed by atoms with E-state index in [1.54, 1.807) is 6.92 Å². The van der Waals surface area contributed by atoms with Crippen molar-refractivity contribution in [1.82, 2.24) is 0 Å². The summed E-state index contributed by atoms with van der Waals surface area (Å²) in [6, 6.07) is 8.28. The summed E-state index contributed by atoms with van der Waals surface area (Å²) in [4.78, 5) is 16.4. The van der Waals surface area contributed by atoms with E-state index in [9.17, 15) is 4.79 Å². The van der Waals surface area contributed by atoms with Crippen LogP contribution in [-0.2, 0) is 4.79 Å². The largest absolute Gasteiger partial charge is 0.370 e. The lowest BCUT2D eigenvalue weighted by atomic mass is 10.1. The van der Waals surface area contributed by atoms with Crippen molar-refractivity contribution in [3.05, 3.63) is 36.4 Å². The standard InChI is InChI=1S/C17H26N2O/c1-6-18(7-2)15-11-9-10-12-16(15)19(8-3)13-17(20)14(4)5/h9-12H,4,6-8,13H2,1-3,5H3. The molecule has 0 aliphatic rings. The van der Waals surface area contributed by atoms with Crippen LogP contribution in [0.15, 0.2) is 36.4 Å². The number of hydrogen-bond acceptors (Lipinski definition) is 3. The van der Waals surface area contributed by atoms with Crippen LogP contribution in [0, 0.1) is 0 Å². The Bertz CT molecular complexity index is 464. The van der Waals surface area contributed by atoms with Gasteiger partial charge in [-0.2, -0.15) is 0 Å². The maximum atomic E-state index is 12.0. The fourth-order valence-electron chi connectivity index (χ4n) is 2.24. The summed E-state index contributed by atoms with van der Waals surface area (Å²) in [5, 5.41) is 0. The zero-order valence-electron chi connectivity index (χ0n) is 13.1. The van der Waals surface area contributed by atoms with Gasteiger partial charge in [0.25, 0.3) is 0 Å². The second kappa shape index (κ2) is 7.73. The van der Waals surface area contributed by atoms with Gasteiger partial charge in [0.15, 0.2) is 5.78 Å². The highest BCUT2D eigenvalue weighted by Gasteiger charge is 2.15. The van der Waals surface area contributed by atoms with Crippen LogP contribution in [0.4, 0.5) is 11.4 Å². The quantitative estimate of drug-likeness (QED) is 0.678. The van der Waals surface area contributed by atoms with Crippen LogP contribution >= 0.6 is 0 Å². The molecule has 0 spiro atoms. The smallest absolute Gasteiger partial charge is 0.177 e. The number of hydrogen-bond donors (Lipinski definition) is 0. The SMILES string of the molecule is C=C(C)C(=O)CN(CC)c1ccccc1N(CC)CC. The first-order valence-corrected chi connectivity index (χ1v) is 7.32. The van der Waals surface area contributed by atoms with Crippen molar-refractivity contribution in [2.75, 3.05) is 36.0 Å². The molecular formula is C17H26N2O. The summed E-state index contributed by atoms with van der Waals surface area (Å²) in [7, 11) is 0. The van der Waals surface area contributed by atoms with Crippen molar-refractivity contribution in [3.8, 4) is 0 Å². The maximum absolute atomic E-state index is 12.0. The third-order valence-electron chi connectivity index (χ3n) is 3.52. The van der Waals surface area contributed by atoms with Gasteiger partial charge in [0.05, 0.1) is 17.9 Å². The van der Waals surface area contributed by atoms with Crippen LogP contribution in [-0.4, -0.2) is 32.0 Å². The van der Waals surface area contributed by atoms with E-state index >= 15 is 0 Å². The van der Waals surface area contributed by atoms with E-state index in [-0.39, 0.29) is 5.78 Å². The topological polar surface area (TPSA) is 23.6 Å². The van der Waals surface area contributed by atoms with Gasteiger partial charge >= 0.3 is 0 Å². The van der Waals surface area contributed by atoms with Crippen LogP contribution in [0.1, 0.15) is 27.7 Å². The van der Waals surface area contributed by atoms with Crippen molar-refractivity contribution in [2.24, 2.45) is 0 Å². The number of carbonyl (C=O) groups excluding carboxylic acids is 1. The number of likely N-dealkylation sites (N-methyl/N-ethyl adjacent to an activating group) is 1. The van der Waals surface area contributed by atoms with Crippen LogP contribution in [0.2, 0.25) is 0 Å². The van der Waals surface area contributed by atoms with Crippen molar-refractivity contribution in [1.29, 1.82) is 0 Å². The van der Waals surface area contributed by atoms with E-state index in [4.69, 9.17) is 0 Å². The molecule has 3 heteroatoms. The zero-order chi connectivity index (χ0) is 15.1. The Morgan fingerprint density at radius 3 is 1.85 bits per heavy atom. The number of rotatable bonds is 8. The first kappa shape index (κ1) is 16.3. The molecule has 0 aliphatic carbocycles. The van der Waals surface area contributed by atoms with E-state index in [0.717, 1.165) is 25.3 Å². The van der Waals surface area contributed by atoms with Gasteiger partial charge in [-0.3, -0.25) is 4.79 Å². The minimum atomic E-state index is 0.0983. The molecule has 0 aliphatic heterocycles. The Morgan fingerprint density at radius 2 is 1.45 bits per heavy atom. The van der Waals surface area contributed by atoms with Gasteiger partial charge in [-0.05, 0) is 45.4 Å². The molecule has 110 valence electrons. The molecule has 0 atom stereocenters. The van der Waals surface area contributed by atoms with Gasteiger partial charge in [-0.15, -0.1) is 0 Å². The summed E-state index contributed by atoms with van der Waals surface area (Å²) < 4.78 is 0. The summed E-state index contributed by atoms with van der Waals surface area (Å²) in [5.74, 6) is 0.0983. The first-order valence-electron chi connectivity index (χ1n) is 7.32. The molecule has 0 unspecified atom stereocenters. The fourth-order valence-corrected chi connectivity index (χ4v) is 2.24. The Balaban J connectivity index is 3.09. The molecule has 0 heterocycles. The normalized spacial score (nSPS) is 10.2. The number of benzene rings is 1. The molecule has 1 aromatic carbocycles. The number of anilines is 2. The van der Waals surface area contributed by atoms with Crippen molar-refractivity contribution < 1.29 is 4.79 Å². The van der Waals surface area contributed by atoms with E-state index in [2.05, 4.69) is 49.3 Å². The Morgan fingerprint density at radius 1 is 1.00 bits per heavy atom. The summed E-state index contributed by atoms with van der Waals surface area (Å²) in [5.41, 5.74) is 2.92. The van der Waals surface area contributed by atoms with Gasteiger partial charge in [0, 0.05) is 19.6 Å². The molecule has 0 fully saturated rings. The minimum Gasteiger partial charge on any atom is -0.370 e. The lowest BCUT2D eigenvalue weighted by Gasteiger charge is -2.30. The number of ketones is 1. The Kier molecular flexibility index (Phi) is 6.29. The molecule has 0 N–H and O–H groups in total. The summed E-state index contributed by atoms with van der Waals surface area (Å²) in [6.07, 6.45) is 0. The number of para-hydroxylation sites is 2. The molecule has 20 heavy (non-hydrogen) atoms. The molecular weight excluding hydrogens is 248 g/mol. The van der Waals surface area contributed by atoms with E-state index in [1.165, 1.54) is 5.69 Å². The highest BCUT2D eigenvalue weighted by atomic mass is 16.1. The van der Waals surface area contributed by atoms with Gasteiger partial charge in [0.1, 0.15) is 0 Å². The number of Topliss-reactive ketones (excluding diaryl/α,β-unsaturated/α-hetero) is 1. The highest BCUT2D eigenvalue weighted by Crippen LogP contribution is 2.29. The summed E-state index contributed by atoms with van der Waals surface area (Å²) >= 11 is 0. The van der Waals surface area contributed by atoms with Crippen molar-refractivity contribution in [3.63, 3.8) is 0 Å². The lowest BCUT2D eigenvalue weighted by molar-refractivity contribution is -0.114. The predicted molar refractivity (Wildman–Crippen MR) is 87.7 cm³/mol. The van der Waals surface area contributed by atoms with Crippen molar-refractivity contribution >= 4 is 17.2 Å². The lowest BCUT2D eigenvalue weighted by Crippen LogP contribution is -2.32. The first-order chi connectivity index (χ1) is 9.54. The van der Waals surface area contributed by atoms with Crippen LogP contribution < -0.4 is 9.80 Å². The second-order valence-electron chi connectivity index (χ2n) is 4.88. The van der Waals surface area contributed by atoms with Gasteiger partial charge < -0.3 is 9.80 Å². The molecule has 0 amide bonds. The van der Waals surface area contributed by atoms with Crippen molar-refractivity contribution in [2.45, 2.75) is 27.7 Å². The monoisotopic (exact) mass is 274 g/mol. The summed E-state index contributed by atoms with van der Waals surface area (Å²) in [6.45, 7) is 15.0. The third kappa shape index (κ3) is 3.86. The zero-order valence-corrected chi connectivity index (χ0v) is 13.1.